The van der Waals surface area contributed by atoms with Crippen LogP contribution in [0, 0.1) is 6.92 Å². The van der Waals surface area contributed by atoms with Crippen LogP contribution in [0.15, 0.2) is 16.9 Å². The van der Waals surface area contributed by atoms with Gasteiger partial charge in [-0.1, -0.05) is 34.8 Å². The molecule has 5 nitrogen and oxygen atoms in total. The fourth-order valence-electron chi connectivity index (χ4n) is 2.82. The normalized spacial score (nSPS) is 13.0. The maximum Gasteiger partial charge on any atom is 0.257 e. The van der Waals surface area contributed by atoms with Crippen molar-refractivity contribution in [3.05, 3.63) is 54.6 Å². The van der Waals surface area contributed by atoms with Gasteiger partial charge in [-0.25, -0.2) is 4.98 Å². The fourth-order valence-corrected chi connectivity index (χ4v) is 3.73. The van der Waals surface area contributed by atoms with Crippen LogP contribution in [0.3, 0.4) is 0 Å². The molecule has 1 aliphatic carbocycles. The summed E-state index contributed by atoms with van der Waals surface area (Å²) in [6.07, 6.45) is 2.44. The fraction of sp³-hybridized carbons (Fsp3) is 0.312. The highest BCUT2D eigenvalue weighted by Crippen LogP contribution is 2.33. The molecule has 0 atom stereocenters. The monoisotopic (exact) mass is 385 g/mol. The Balaban J connectivity index is 1.86. The van der Waals surface area contributed by atoms with Crippen LogP contribution in [0.1, 0.15) is 23.5 Å². The van der Waals surface area contributed by atoms with Crippen molar-refractivity contribution in [3.63, 3.8) is 0 Å². The summed E-state index contributed by atoms with van der Waals surface area (Å²) in [5.74, 6) is 0.107. The van der Waals surface area contributed by atoms with Gasteiger partial charge in [0, 0.05) is 10.6 Å². The number of rotatable bonds is 3. The summed E-state index contributed by atoms with van der Waals surface area (Å²) in [6, 6.07) is 2.97. The van der Waals surface area contributed by atoms with Crippen LogP contribution in [0.5, 0.6) is 0 Å². The molecule has 0 spiro atoms. The third-order valence-corrected chi connectivity index (χ3v) is 4.77. The highest BCUT2D eigenvalue weighted by molar-refractivity contribution is 6.42. The molecule has 0 aliphatic heterocycles. The summed E-state index contributed by atoms with van der Waals surface area (Å²) >= 11 is 18.0. The molecule has 8 heteroatoms. The van der Waals surface area contributed by atoms with Crippen LogP contribution in [-0.4, -0.2) is 15.5 Å². The molecule has 1 aromatic carbocycles. The van der Waals surface area contributed by atoms with E-state index in [1.165, 1.54) is 16.7 Å². The molecule has 0 unspecified atom stereocenters. The SMILES string of the molecule is Cc1nc2c(c(=O)n1CC(=O)Nc1c(Cl)cc(Cl)cc1Cl)CCC2. The number of hydrogen-bond acceptors (Lipinski definition) is 3. The van der Waals surface area contributed by atoms with Gasteiger partial charge in [0.2, 0.25) is 5.91 Å². The Morgan fingerprint density at radius 1 is 1.25 bits per heavy atom. The van der Waals surface area contributed by atoms with Crippen molar-refractivity contribution in [2.75, 3.05) is 5.32 Å². The quantitative estimate of drug-likeness (QED) is 0.876. The van der Waals surface area contributed by atoms with Crippen molar-refractivity contribution in [1.29, 1.82) is 0 Å². The first-order valence-electron chi connectivity index (χ1n) is 7.40. The second-order valence-electron chi connectivity index (χ2n) is 5.62. The highest BCUT2D eigenvalue weighted by Gasteiger charge is 2.20. The smallest absolute Gasteiger partial charge is 0.257 e. The number of hydrogen-bond donors (Lipinski definition) is 1. The summed E-state index contributed by atoms with van der Waals surface area (Å²) < 4.78 is 1.37. The van der Waals surface area contributed by atoms with Crippen LogP contribution in [-0.2, 0) is 24.2 Å². The predicted molar refractivity (Wildman–Crippen MR) is 95.4 cm³/mol. The van der Waals surface area contributed by atoms with Crippen molar-refractivity contribution in [2.45, 2.75) is 32.7 Å². The Bertz CT molecular complexity index is 870. The lowest BCUT2D eigenvalue weighted by Gasteiger charge is -2.13. The number of halogens is 3. The van der Waals surface area contributed by atoms with Gasteiger partial charge in [0.05, 0.1) is 21.4 Å². The molecule has 0 saturated heterocycles. The molecule has 1 aliphatic rings. The molecule has 3 rings (SSSR count). The van der Waals surface area contributed by atoms with E-state index >= 15 is 0 Å². The standard InChI is InChI=1S/C16H14Cl3N3O2/c1-8-20-13-4-2-3-10(13)16(24)22(8)7-14(23)21-15-11(18)5-9(17)6-12(15)19/h5-6H,2-4,7H2,1H3,(H,21,23). The first kappa shape index (κ1) is 17.3. The summed E-state index contributed by atoms with van der Waals surface area (Å²) in [5, 5.41) is 3.47. The number of nitrogens with one attached hydrogen (secondary N) is 1. The van der Waals surface area contributed by atoms with Crippen molar-refractivity contribution in [2.24, 2.45) is 0 Å². The maximum atomic E-state index is 12.5. The number of nitrogens with zero attached hydrogens (tertiary/aromatic N) is 2. The van der Waals surface area contributed by atoms with E-state index in [4.69, 9.17) is 34.8 Å². The number of benzene rings is 1. The number of anilines is 1. The lowest BCUT2D eigenvalue weighted by Crippen LogP contribution is -2.32. The molecule has 1 heterocycles. The molecule has 1 amide bonds. The van der Waals surface area contributed by atoms with Gasteiger partial charge in [-0.3, -0.25) is 14.2 Å². The Morgan fingerprint density at radius 2 is 1.92 bits per heavy atom. The zero-order valence-electron chi connectivity index (χ0n) is 12.8. The van der Waals surface area contributed by atoms with E-state index in [2.05, 4.69) is 10.3 Å². The zero-order chi connectivity index (χ0) is 17.4. The van der Waals surface area contributed by atoms with Gasteiger partial charge in [0.25, 0.3) is 5.56 Å². The highest BCUT2D eigenvalue weighted by atomic mass is 35.5. The molecule has 1 N–H and O–H groups in total. The van der Waals surface area contributed by atoms with Gasteiger partial charge >= 0.3 is 0 Å². The molecule has 0 saturated carbocycles. The summed E-state index contributed by atoms with van der Waals surface area (Å²) in [7, 11) is 0. The van der Waals surface area contributed by atoms with E-state index in [1.54, 1.807) is 6.92 Å². The van der Waals surface area contributed by atoms with Crippen LogP contribution >= 0.6 is 34.8 Å². The Hall–Kier alpha value is -1.56. The molecule has 0 bridgehead atoms. The number of carbonyl (C=O) groups is 1. The lowest BCUT2D eigenvalue weighted by atomic mass is 10.2. The van der Waals surface area contributed by atoms with Gasteiger partial charge in [-0.2, -0.15) is 0 Å². The van der Waals surface area contributed by atoms with Crippen molar-refractivity contribution in [3.8, 4) is 0 Å². The Kier molecular flexibility index (Phi) is 4.85. The minimum atomic E-state index is -0.411. The van der Waals surface area contributed by atoms with E-state index in [0.717, 1.165) is 18.5 Å². The molecule has 2 aromatic rings. The molecule has 126 valence electrons. The second-order valence-corrected chi connectivity index (χ2v) is 6.87. The van der Waals surface area contributed by atoms with Gasteiger partial charge in [0.15, 0.2) is 0 Å². The first-order valence-corrected chi connectivity index (χ1v) is 8.54. The minimum Gasteiger partial charge on any atom is -0.322 e. The maximum absolute atomic E-state index is 12.5. The van der Waals surface area contributed by atoms with E-state index in [0.29, 0.717) is 22.8 Å². The Labute approximate surface area is 153 Å². The van der Waals surface area contributed by atoms with Gasteiger partial charge < -0.3 is 5.32 Å². The molecule has 0 radical (unpaired) electrons. The second kappa shape index (κ2) is 6.75. The van der Waals surface area contributed by atoms with Crippen LogP contribution in [0.4, 0.5) is 5.69 Å². The van der Waals surface area contributed by atoms with E-state index in [-0.39, 0.29) is 27.8 Å². The topological polar surface area (TPSA) is 64.0 Å². The van der Waals surface area contributed by atoms with E-state index in [9.17, 15) is 9.59 Å². The number of fused-ring (bicyclic) bond motifs is 1. The Morgan fingerprint density at radius 3 is 2.58 bits per heavy atom. The van der Waals surface area contributed by atoms with Crippen molar-refractivity contribution >= 4 is 46.4 Å². The summed E-state index contributed by atoms with van der Waals surface area (Å²) in [6.45, 7) is 1.57. The largest absolute Gasteiger partial charge is 0.322 e. The van der Waals surface area contributed by atoms with E-state index in [1.807, 2.05) is 0 Å². The average molecular weight is 387 g/mol. The first-order chi connectivity index (χ1) is 11.4. The van der Waals surface area contributed by atoms with Crippen molar-refractivity contribution < 1.29 is 4.79 Å². The van der Waals surface area contributed by atoms with Crippen molar-refractivity contribution in [1.82, 2.24) is 9.55 Å². The molecule has 0 fully saturated rings. The lowest BCUT2D eigenvalue weighted by molar-refractivity contribution is -0.116. The number of aryl methyl sites for hydroxylation is 2. The molecular formula is C16H14Cl3N3O2. The minimum absolute atomic E-state index is 0.153. The third kappa shape index (κ3) is 3.29. The van der Waals surface area contributed by atoms with Gasteiger partial charge in [0.1, 0.15) is 12.4 Å². The van der Waals surface area contributed by atoms with Gasteiger partial charge in [-0.15, -0.1) is 0 Å². The van der Waals surface area contributed by atoms with Crippen LogP contribution in [0.25, 0.3) is 0 Å². The number of carbonyl (C=O) groups excluding carboxylic acids is 1. The summed E-state index contributed by atoms with van der Waals surface area (Å²) in [5.41, 5.74) is 1.67. The average Bonchev–Trinajstić information content (AvgIpc) is 2.95. The molecule has 1 aromatic heterocycles. The van der Waals surface area contributed by atoms with Gasteiger partial charge in [-0.05, 0) is 38.3 Å². The molecular weight excluding hydrogens is 373 g/mol. The zero-order valence-corrected chi connectivity index (χ0v) is 15.1. The predicted octanol–water partition coefficient (Wildman–Crippen LogP) is 3.64. The van der Waals surface area contributed by atoms with Crippen LogP contribution < -0.4 is 10.9 Å². The molecule has 24 heavy (non-hydrogen) atoms. The number of amides is 1. The third-order valence-electron chi connectivity index (χ3n) is 3.95. The summed E-state index contributed by atoms with van der Waals surface area (Å²) in [4.78, 5) is 29.3. The number of aromatic nitrogens is 2. The van der Waals surface area contributed by atoms with Crippen LogP contribution in [0.2, 0.25) is 15.1 Å². The van der Waals surface area contributed by atoms with E-state index < -0.39 is 5.91 Å².